The van der Waals surface area contributed by atoms with Gasteiger partial charge in [-0.25, -0.2) is 13.1 Å². The second kappa shape index (κ2) is 12.5. The molecule has 3 N–H and O–H groups in total. The average Bonchev–Trinajstić information content (AvgIpc) is 3.19. The van der Waals surface area contributed by atoms with Crippen molar-refractivity contribution in [1.82, 2.24) is 15.4 Å². The second-order valence-electron chi connectivity index (χ2n) is 5.59. The summed E-state index contributed by atoms with van der Waals surface area (Å²) >= 11 is 7.04. The minimum absolute atomic E-state index is 0. The smallest absolute Gasteiger partial charge is 0.250 e. The lowest BCUT2D eigenvalue weighted by Crippen LogP contribution is -2.44. The van der Waals surface area contributed by atoms with Crippen LogP contribution in [0.2, 0.25) is 5.02 Å². The van der Waals surface area contributed by atoms with E-state index in [0.29, 0.717) is 28.3 Å². The quantitative estimate of drug-likeness (QED) is 0.191. The number of hydrogen-bond donors (Lipinski definition) is 3. The molecule has 0 aliphatic rings. The van der Waals surface area contributed by atoms with Gasteiger partial charge in [0, 0.05) is 25.2 Å². The second-order valence-corrected chi connectivity index (χ2v) is 8.97. The summed E-state index contributed by atoms with van der Waals surface area (Å²) in [5, 5.41) is 8.58. The van der Waals surface area contributed by atoms with Crippen LogP contribution in [-0.4, -0.2) is 47.2 Å². The average molecular weight is 559 g/mol. The summed E-state index contributed by atoms with van der Waals surface area (Å²) in [6.45, 7) is 3.11. The predicted molar refractivity (Wildman–Crippen MR) is 126 cm³/mol. The molecule has 0 bridgehead atoms. The minimum atomic E-state index is -3.45. The Morgan fingerprint density at radius 1 is 1.21 bits per heavy atom. The topological polar surface area (TPSA) is 91.8 Å². The van der Waals surface area contributed by atoms with Crippen molar-refractivity contribution < 1.29 is 13.2 Å². The van der Waals surface area contributed by atoms with E-state index in [1.807, 2.05) is 19.1 Å². The first-order valence-electron chi connectivity index (χ1n) is 8.30. The van der Waals surface area contributed by atoms with E-state index in [1.165, 1.54) is 11.3 Å². The van der Waals surface area contributed by atoms with E-state index < -0.39 is 10.0 Å². The maximum Gasteiger partial charge on any atom is 0.250 e. The fourth-order valence-corrected chi connectivity index (χ4v) is 4.30. The summed E-state index contributed by atoms with van der Waals surface area (Å²) in [5.41, 5.74) is 0. The van der Waals surface area contributed by atoms with Gasteiger partial charge >= 0.3 is 0 Å². The first kappa shape index (κ1) is 25.0. The van der Waals surface area contributed by atoms with Crippen molar-refractivity contribution in [3.8, 4) is 5.75 Å². The number of nitrogens with zero attached hydrogens (tertiary/aromatic N) is 1. The lowest BCUT2D eigenvalue weighted by atomic mass is 10.3. The molecule has 0 fully saturated rings. The molecule has 0 aliphatic carbocycles. The Balaban J connectivity index is 0.00000392. The van der Waals surface area contributed by atoms with Gasteiger partial charge in [-0.1, -0.05) is 17.7 Å². The Kier molecular flexibility index (Phi) is 11.1. The lowest BCUT2D eigenvalue weighted by Gasteiger charge is -2.18. The molecule has 1 aromatic carbocycles. The van der Waals surface area contributed by atoms with Crippen LogP contribution in [0, 0.1) is 0 Å². The number of sulfonamides is 1. The Morgan fingerprint density at radius 2 is 1.93 bits per heavy atom. The van der Waals surface area contributed by atoms with Crippen LogP contribution in [0.25, 0.3) is 0 Å². The molecule has 7 nitrogen and oxygen atoms in total. The third-order valence-electron chi connectivity index (χ3n) is 3.40. The highest BCUT2D eigenvalue weighted by molar-refractivity contribution is 14.0. The molecule has 0 saturated heterocycles. The molecule has 0 amide bonds. The minimum Gasteiger partial charge on any atom is -0.489 e. The van der Waals surface area contributed by atoms with Crippen LogP contribution in [0.1, 0.15) is 6.92 Å². The molecule has 0 spiro atoms. The Morgan fingerprint density at radius 3 is 2.54 bits per heavy atom. The molecular weight excluding hydrogens is 535 g/mol. The number of hydrogen-bond acceptors (Lipinski definition) is 5. The standard InChI is InChI=1S/C17H23ClN4O3S2.HI/c1-13(25-15-7-5-14(18)6-8-15)12-21-17(19-2)20-9-10-22-27(23,24)16-4-3-11-26-16;/h3-8,11,13,22H,9-10,12H2,1-2H3,(H2,19,20,21);1H. The highest BCUT2D eigenvalue weighted by Crippen LogP contribution is 2.16. The summed E-state index contributed by atoms with van der Waals surface area (Å²) in [6, 6.07) is 10.4. The van der Waals surface area contributed by atoms with Gasteiger partial charge in [0.25, 0.3) is 0 Å². The number of rotatable bonds is 9. The first-order chi connectivity index (χ1) is 12.9. The van der Waals surface area contributed by atoms with Gasteiger partial charge in [0.2, 0.25) is 10.0 Å². The maximum absolute atomic E-state index is 12.0. The third-order valence-corrected chi connectivity index (χ3v) is 6.51. The van der Waals surface area contributed by atoms with Gasteiger partial charge in [0.15, 0.2) is 5.96 Å². The molecule has 2 rings (SSSR count). The maximum atomic E-state index is 12.0. The van der Waals surface area contributed by atoms with Crippen LogP contribution in [0.15, 0.2) is 51.0 Å². The fraction of sp³-hybridized carbons (Fsp3) is 0.353. The van der Waals surface area contributed by atoms with E-state index >= 15 is 0 Å². The number of ether oxygens (including phenoxy) is 1. The van der Waals surface area contributed by atoms with Crippen molar-refractivity contribution in [2.45, 2.75) is 17.2 Å². The van der Waals surface area contributed by atoms with E-state index in [1.54, 1.807) is 36.7 Å². The molecule has 28 heavy (non-hydrogen) atoms. The molecule has 2 aromatic rings. The largest absolute Gasteiger partial charge is 0.489 e. The lowest BCUT2D eigenvalue weighted by molar-refractivity contribution is 0.224. The Hall–Kier alpha value is -1.08. The zero-order valence-corrected chi connectivity index (χ0v) is 20.2. The molecule has 1 heterocycles. The number of guanidine groups is 1. The highest BCUT2D eigenvalue weighted by Gasteiger charge is 2.14. The van der Waals surface area contributed by atoms with Gasteiger partial charge in [-0.3, -0.25) is 4.99 Å². The van der Waals surface area contributed by atoms with E-state index in [-0.39, 0.29) is 36.6 Å². The van der Waals surface area contributed by atoms with Gasteiger partial charge in [0.05, 0.1) is 6.54 Å². The van der Waals surface area contributed by atoms with Gasteiger partial charge in [-0.15, -0.1) is 35.3 Å². The van der Waals surface area contributed by atoms with Crippen molar-refractivity contribution in [2.75, 3.05) is 26.7 Å². The predicted octanol–water partition coefficient (Wildman–Crippen LogP) is 2.93. The molecule has 0 saturated carbocycles. The summed E-state index contributed by atoms with van der Waals surface area (Å²) in [5.74, 6) is 1.30. The highest BCUT2D eigenvalue weighted by atomic mass is 127. The Bertz CT molecular complexity index is 831. The van der Waals surface area contributed by atoms with E-state index in [2.05, 4.69) is 20.3 Å². The third kappa shape index (κ3) is 8.52. The van der Waals surface area contributed by atoms with Crippen LogP contribution in [0.3, 0.4) is 0 Å². The van der Waals surface area contributed by atoms with E-state index in [0.717, 1.165) is 5.75 Å². The normalized spacial score (nSPS) is 12.8. The number of halogens is 2. The van der Waals surface area contributed by atoms with Crippen LogP contribution in [-0.2, 0) is 10.0 Å². The molecular formula is C17H24ClIN4O3S2. The van der Waals surface area contributed by atoms with Gasteiger partial charge < -0.3 is 15.4 Å². The fourth-order valence-electron chi connectivity index (χ4n) is 2.10. The van der Waals surface area contributed by atoms with Crippen molar-refractivity contribution in [3.05, 3.63) is 46.8 Å². The summed E-state index contributed by atoms with van der Waals surface area (Å²) in [6.07, 6.45) is -0.0953. The van der Waals surface area contributed by atoms with Crippen LogP contribution in [0.4, 0.5) is 0 Å². The van der Waals surface area contributed by atoms with Crippen LogP contribution < -0.4 is 20.1 Å². The van der Waals surface area contributed by atoms with Crippen LogP contribution in [0.5, 0.6) is 5.75 Å². The van der Waals surface area contributed by atoms with Crippen LogP contribution >= 0.6 is 46.9 Å². The first-order valence-corrected chi connectivity index (χ1v) is 11.0. The summed E-state index contributed by atoms with van der Waals surface area (Å²) in [7, 11) is -1.80. The Labute approximate surface area is 192 Å². The zero-order chi connectivity index (χ0) is 19.7. The molecule has 1 atom stereocenters. The van der Waals surface area contributed by atoms with Gasteiger partial charge in [-0.2, -0.15) is 0 Å². The number of nitrogens with one attached hydrogen (secondary N) is 3. The molecule has 11 heteroatoms. The van der Waals surface area contributed by atoms with Gasteiger partial charge in [0.1, 0.15) is 16.1 Å². The summed E-state index contributed by atoms with van der Waals surface area (Å²) in [4.78, 5) is 4.11. The molecule has 0 aliphatic heterocycles. The van der Waals surface area contributed by atoms with E-state index in [4.69, 9.17) is 16.3 Å². The van der Waals surface area contributed by atoms with Crippen molar-refractivity contribution in [3.63, 3.8) is 0 Å². The van der Waals surface area contributed by atoms with Crippen molar-refractivity contribution >= 4 is 62.9 Å². The monoisotopic (exact) mass is 558 g/mol. The molecule has 156 valence electrons. The summed E-state index contributed by atoms with van der Waals surface area (Å²) < 4.78 is 32.7. The van der Waals surface area contributed by atoms with Crippen molar-refractivity contribution in [1.29, 1.82) is 0 Å². The number of benzene rings is 1. The molecule has 1 unspecified atom stereocenters. The van der Waals surface area contributed by atoms with E-state index in [9.17, 15) is 8.42 Å². The SMILES string of the molecule is CN=C(NCCNS(=O)(=O)c1cccs1)NCC(C)Oc1ccc(Cl)cc1.I. The number of thiophene rings is 1. The zero-order valence-electron chi connectivity index (χ0n) is 15.5. The van der Waals surface area contributed by atoms with Gasteiger partial charge in [-0.05, 0) is 42.6 Å². The molecule has 0 radical (unpaired) electrons. The molecule has 1 aromatic heterocycles. The number of aliphatic imine (C=N–C) groups is 1. The van der Waals surface area contributed by atoms with Crippen molar-refractivity contribution in [2.24, 2.45) is 4.99 Å².